The molecule has 25 heavy (non-hydrogen) atoms. The molecule has 5 heteroatoms. The molecule has 0 saturated heterocycles. The molecule has 0 fully saturated rings. The van der Waals surface area contributed by atoms with Gasteiger partial charge in [0.25, 0.3) is 0 Å². The molecular weight excluding hydrogens is 312 g/mol. The van der Waals surface area contributed by atoms with Gasteiger partial charge in [-0.15, -0.1) is 0 Å². The van der Waals surface area contributed by atoms with Crippen LogP contribution in [-0.4, -0.2) is 20.7 Å². The van der Waals surface area contributed by atoms with E-state index in [1.165, 1.54) is 17.5 Å². The summed E-state index contributed by atoms with van der Waals surface area (Å²) < 4.78 is 1.71. The first-order chi connectivity index (χ1) is 12.3. The molecule has 1 aliphatic carbocycles. The lowest BCUT2D eigenvalue weighted by molar-refractivity contribution is -0.121. The fourth-order valence-corrected chi connectivity index (χ4v) is 3.46. The van der Waals surface area contributed by atoms with Gasteiger partial charge in [-0.25, -0.2) is 9.67 Å². The maximum Gasteiger partial charge on any atom is 0.220 e. The maximum atomic E-state index is 12.3. The van der Waals surface area contributed by atoms with Gasteiger partial charge < -0.3 is 5.32 Å². The van der Waals surface area contributed by atoms with Gasteiger partial charge in [-0.2, -0.15) is 5.10 Å². The van der Waals surface area contributed by atoms with Crippen LogP contribution in [0.5, 0.6) is 0 Å². The number of amides is 1. The Balaban J connectivity index is 1.32. The highest BCUT2D eigenvalue weighted by atomic mass is 16.1. The fraction of sp³-hybridized carbons (Fsp3) is 0.250. The number of carbonyl (C=O) groups is 1. The lowest BCUT2D eigenvalue weighted by Gasteiger charge is -2.12. The van der Waals surface area contributed by atoms with Crippen LogP contribution in [0.3, 0.4) is 0 Å². The average molecular weight is 332 g/mol. The van der Waals surface area contributed by atoms with Crippen molar-refractivity contribution >= 4 is 5.91 Å². The van der Waals surface area contributed by atoms with Gasteiger partial charge in [0.1, 0.15) is 12.7 Å². The van der Waals surface area contributed by atoms with Gasteiger partial charge in [-0.1, -0.05) is 36.4 Å². The van der Waals surface area contributed by atoms with Crippen LogP contribution in [0.2, 0.25) is 0 Å². The SMILES string of the molecule is O=C(CC1CCc2ccccc21)NCc1ccc(-n2cncn2)cc1. The van der Waals surface area contributed by atoms with Crippen molar-refractivity contribution in [2.24, 2.45) is 0 Å². The van der Waals surface area contributed by atoms with Crippen molar-refractivity contribution in [2.45, 2.75) is 31.7 Å². The lowest BCUT2D eigenvalue weighted by atomic mass is 9.97. The third-order valence-corrected chi connectivity index (χ3v) is 4.80. The van der Waals surface area contributed by atoms with E-state index in [0.717, 1.165) is 24.1 Å². The third kappa shape index (κ3) is 3.45. The number of aromatic nitrogens is 3. The molecule has 3 aromatic rings. The van der Waals surface area contributed by atoms with E-state index in [9.17, 15) is 4.79 Å². The monoisotopic (exact) mass is 332 g/mol. The van der Waals surface area contributed by atoms with Crippen molar-refractivity contribution in [3.63, 3.8) is 0 Å². The van der Waals surface area contributed by atoms with Gasteiger partial charge in [-0.3, -0.25) is 4.79 Å². The number of carbonyl (C=O) groups excluding carboxylic acids is 1. The van der Waals surface area contributed by atoms with E-state index in [1.807, 2.05) is 24.3 Å². The van der Waals surface area contributed by atoms with E-state index in [1.54, 1.807) is 11.0 Å². The van der Waals surface area contributed by atoms with E-state index in [0.29, 0.717) is 18.9 Å². The van der Waals surface area contributed by atoms with E-state index < -0.39 is 0 Å². The zero-order valence-corrected chi connectivity index (χ0v) is 13.9. The molecule has 5 nitrogen and oxygen atoms in total. The summed E-state index contributed by atoms with van der Waals surface area (Å²) in [7, 11) is 0. The number of aryl methyl sites for hydroxylation is 1. The number of nitrogens with zero attached hydrogens (tertiary/aromatic N) is 3. The number of benzene rings is 2. The molecule has 1 N–H and O–H groups in total. The fourth-order valence-electron chi connectivity index (χ4n) is 3.46. The van der Waals surface area contributed by atoms with Gasteiger partial charge in [0.2, 0.25) is 5.91 Å². The summed E-state index contributed by atoms with van der Waals surface area (Å²) in [4.78, 5) is 16.2. The minimum atomic E-state index is 0.113. The molecule has 1 atom stereocenters. The highest BCUT2D eigenvalue weighted by molar-refractivity contribution is 5.77. The second-order valence-electron chi connectivity index (χ2n) is 6.42. The van der Waals surface area contributed by atoms with Crippen LogP contribution in [-0.2, 0) is 17.8 Å². The minimum Gasteiger partial charge on any atom is -0.352 e. The Morgan fingerprint density at radius 2 is 2.00 bits per heavy atom. The zero-order chi connectivity index (χ0) is 17.1. The van der Waals surface area contributed by atoms with Crippen LogP contribution in [0.25, 0.3) is 5.69 Å². The van der Waals surface area contributed by atoms with Crippen LogP contribution in [0.15, 0.2) is 61.2 Å². The molecule has 1 amide bonds. The van der Waals surface area contributed by atoms with Crippen LogP contribution < -0.4 is 5.32 Å². The van der Waals surface area contributed by atoms with Crippen LogP contribution in [0.1, 0.15) is 35.4 Å². The summed E-state index contributed by atoms with van der Waals surface area (Å²) in [5.74, 6) is 0.466. The lowest BCUT2D eigenvalue weighted by Crippen LogP contribution is -2.24. The first-order valence-corrected chi connectivity index (χ1v) is 8.58. The smallest absolute Gasteiger partial charge is 0.220 e. The predicted molar refractivity (Wildman–Crippen MR) is 95.3 cm³/mol. The molecule has 0 bridgehead atoms. The minimum absolute atomic E-state index is 0.113. The van der Waals surface area contributed by atoms with Crippen LogP contribution in [0.4, 0.5) is 0 Å². The summed E-state index contributed by atoms with van der Waals surface area (Å²) in [6.45, 7) is 0.546. The molecule has 1 aliphatic rings. The Bertz CT molecular complexity index is 856. The molecule has 126 valence electrons. The van der Waals surface area contributed by atoms with Crippen LogP contribution in [0, 0.1) is 0 Å². The summed E-state index contributed by atoms with van der Waals surface area (Å²) >= 11 is 0. The van der Waals surface area contributed by atoms with Gasteiger partial charge in [-0.05, 0) is 47.6 Å². The topological polar surface area (TPSA) is 59.8 Å². The van der Waals surface area contributed by atoms with Crippen molar-refractivity contribution in [1.82, 2.24) is 20.1 Å². The molecule has 1 heterocycles. The summed E-state index contributed by atoms with van der Waals surface area (Å²) in [6.07, 6.45) is 5.89. The number of hydrogen-bond donors (Lipinski definition) is 1. The molecule has 0 aliphatic heterocycles. The normalized spacial score (nSPS) is 15.8. The summed E-state index contributed by atoms with van der Waals surface area (Å²) in [5.41, 5.74) is 4.76. The Labute approximate surface area is 146 Å². The summed E-state index contributed by atoms with van der Waals surface area (Å²) in [6, 6.07) is 16.4. The first kappa shape index (κ1) is 15.6. The molecule has 0 spiro atoms. The molecule has 1 aromatic heterocycles. The van der Waals surface area contributed by atoms with Crippen molar-refractivity contribution in [3.05, 3.63) is 77.9 Å². The Morgan fingerprint density at radius 1 is 1.16 bits per heavy atom. The molecular formula is C20H20N4O. The van der Waals surface area contributed by atoms with E-state index in [-0.39, 0.29) is 5.91 Å². The highest BCUT2D eigenvalue weighted by Crippen LogP contribution is 2.35. The Kier molecular flexibility index (Phi) is 4.29. The number of fused-ring (bicyclic) bond motifs is 1. The zero-order valence-electron chi connectivity index (χ0n) is 13.9. The quantitative estimate of drug-likeness (QED) is 0.781. The number of nitrogens with one attached hydrogen (secondary N) is 1. The molecule has 1 unspecified atom stereocenters. The van der Waals surface area contributed by atoms with Crippen molar-refractivity contribution in [2.75, 3.05) is 0 Å². The maximum absolute atomic E-state index is 12.3. The first-order valence-electron chi connectivity index (χ1n) is 8.58. The second-order valence-corrected chi connectivity index (χ2v) is 6.42. The van der Waals surface area contributed by atoms with Crippen molar-refractivity contribution < 1.29 is 4.79 Å². The molecule has 4 rings (SSSR count). The number of hydrogen-bond acceptors (Lipinski definition) is 3. The van der Waals surface area contributed by atoms with Crippen molar-refractivity contribution in [1.29, 1.82) is 0 Å². The average Bonchev–Trinajstić information content (AvgIpc) is 3.31. The standard InChI is InChI=1S/C20H20N4O/c25-20(11-17-8-7-16-3-1-2-4-19(16)17)22-12-15-5-9-18(10-6-15)24-14-21-13-23-24/h1-6,9-10,13-14,17H,7-8,11-12H2,(H,22,25). The van der Waals surface area contributed by atoms with E-state index in [4.69, 9.17) is 0 Å². The van der Waals surface area contributed by atoms with Gasteiger partial charge >= 0.3 is 0 Å². The third-order valence-electron chi connectivity index (χ3n) is 4.80. The number of rotatable bonds is 5. The Morgan fingerprint density at radius 3 is 2.80 bits per heavy atom. The highest BCUT2D eigenvalue weighted by Gasteiger charge is 2.23. The van der Waals surface area contributed by atoms with Crippen molar-refractivity contribution in [3.8, 4) is 5.69 Å². The van der Waals surface area contributed by atoms with Crippen LogP contribution >= 0.6 is 0 Å². The Hall–Kier alpha value is -2.95. The van der Waals surface area contributed by atoms with Gasteiger partial charge in [0, 0.05) is 13.0 Å². The molecule has 0 saturated carbocycles. The molecule has 2 aromatic carbocycles. The predicted octanol–water partition coefficient (Wildman–Crippen LogP) is 3.00. The second kappa shape index (κ2) is 6.89. The van der Waals surface area contributed by atoms with E-state index in [2.05, 4.69) is 39.7 Å². The van der Waals surface area contributed by atoms with Gasteiger partial charge in [0.15, 0.2) is 0 Å². The van der Waals surface area contributed by atoms with Gasteiger partial charge in [0.05, 0.1) is 5.69 Å². The molecule has 0 radical (unpaired) electrons. The largest absolute Gasteiger partial charge is 0.352 e. The summed E-state index contributed by atoms with van der Waals surface area (Å²) in [5, 5.41) is 7.14. The van der Waals surface area contributed by atoms with E-state index >= 15 is 0 Å².